The van der Waals surface area contributed by atoms with Crippen LogP contribution in [0.4, 0.5) is 0 Å². The fourth-order valence-corrected chi connectivity index (χ4v) is 2.29. The van der Waals surface area contributed by atoms with E-state index in [1.54, 1.807) is 0 Å². The van der Waals surface area contributed by atoms with E-state index < -0.39 is 5.41 Å². The summed E-state index contributed by atoms with van der Waals surface area (Å²) in [5.41, 5.74) is 0.386. The van der Waals surface area contributed by atoms with E-state index in [1.807, 2.05) is 56.6 Å². The molecule has 0 amide bonds. The lowest BCUT2D eigenvalue weighted by Crippen LogP contribution is -2.41. The number of nitrogens with zero attached hydrogens (tertiary/aromatic N) is 1. The molecule has 1 aliphatic rings. The molecule has 1 aromatic rings. The minimum Gasteiger partial charge on any atom is -0.465 e. The normalized spacial score (nSPS) is 22.9. The Morgan fingerprint density at radius 3 is 2.67 bits per heavy atom. The minimum absolute atomic E-state index is 0.152. The quantitative estimate of drug-likeness (QED) is 0.765. The number of esters is 1. The fourth-order valence-electron chi connectivity index (χ4n) is 2.29. The zero-order valence-corrected chi connectivity index (χ0v) is 10.9. The Morgan fingerprint density at radius 2 is 2.11 bits per heavy atom. The Kier molecular flexibility index (Phi) is 3.70. The highest BCUT2D eigenvalue weighted by molar-refractivity contribution is 5.86. The van der Waals surface area contributed by atoms with E-state index in [2.05, 4.69) is 4.90 Å². The number of ether oxygens (including phenoxy) is 1. The highest BCUT2D eigenvalue weighted by Crippen LogP contribution is 2.34. The molecule has 2 rings (SSSR count). The van der Waals surface area contributed by atoms with Crippen LogP contribution >= 0.6 is 0 Å². The molecule has 0 aliphatic carbocycles. The van der Waals surface area contributed by atoms with Gasteiger partial charge < -0.3 is 9.64 Å². The second kappa shape index (κ2) is 5.25. The second-order valence-corrected chi connectivity index (χ2v) is 4.60. The van der Waals surface area contributed by atoms with Gasteiger partial charge in [0.25, 0.3) is 0 Å². The average molecular weight is 245 g/mol. The third-order valence-electron chi connectivity index (χ3n) is 3.40. The van der Waals surface area contributed by atoms with Crippen molar-refractivity contribution in [2.75, 3.05) is 20.2 Å². The van der Waals surface area contributed by atoms with E-state index >= 15 is 0 Å². The predicted molar refractivity (Wildman–Crippen MR) is 71.1 cm³/mol. The van der Waals surface area contributed by atoms with Gasteiger partial charge in [-0.2, -0.15) is 0 Å². The third-order valence-corrected chi connectivity index (χ3v) is 3.40. The Balaban J connectivity index is 2.41. The number of rotatable bonds is 3. The molecular weight excluding hydrogens is 226 g/mol. The van der Waals surface area contributed by atoms with Crippen LogP contribution in [0.2, 0.25) is 0 Å². The molecule has 1 aromatic carbocycles. The zero-order chi connectivity index (χ0) is 13.0. The van der Waals surface area contributed by atoms with E-state index in [1.165, 1.54) is 0 Å². The molecule has 0 N–H and O–H groups in total. The van der Waals surface area contributed by atoms with Gasteiger partial charge >= 0.3 is 5.97 Å². The van der Waals surface area contributed by atoms with Gasteiger partial charge in [-0.25, -0.2) is 0 Å². The number of hydrogen-bond donors (Lipinski definition) is 0. The Bertz CT molecular complexity index is 441. The Morgan fingerprint density at radius 1 is 1.39 bits per heavy atom. The summed E-state index contributed by atoms with van der Waals surface area (Å²) in [7, 11) is 2.01. The molecule has 3 heteroatoms. The predicted octanol–water partition coefficient (Wildman–Crippen LogP) is 2.34. The maximum absolute atomic E-state index is 12.3. The smallest absolute Gasteiger partial charge is 0.320 e. The van der Waals surface area contributed by atoms with Crippen molar-refractivity contribution in [3.63, 3.8) is 0 Å². The highest BCUT2D eigenvalue weighted by atomic mass is 16.5. The molecule has 0 saturated carbocycles. The van der Waals surface area contributed by atoms with E-state index in [0.29, 0.717) is 6.61 Å². The summed E-state index contributed by atoms with van der Waals surface area (Å²) in [6.07, 6.45) is 4.68. The van der Waals surface area contributed by atoms with Crippen molar-refractivity contribution in [3.05, 3.63) is 48.2 Å². The van der Waals surface area contributed by atoms with Crippen LogP contribution in [0.3, 0.4) is 0 Å². The Labute approximate surface area is 108 Å². The van der Waals surface area contributed by atoms with Gasteiger partial charge in [0.05, 0.1) is 6.61 Å². The van der Waals surface area contributed by atoms with Crippen molar-refractivity contribution in [3.8, 4) is 0 Å². The molecule has 96 valence electrons. The first kappa shape index (κ1) is 12.7. The van der Waals surface area contributed by atoms with Crippen LogP contribution in [0.1, 0.15) is 18.9 Å². The molecule has 3 nitrogen and oxygen atoms in total. The van der Waals surface area contributed by atoms with Crippen molar-refractivity contribution in [1.29, 1.82) is 0 Å². The first-order valence-electron chi connectivity index (χ1n) is 6.31. The van der Waals surface area contributed by atoms with E-state index in [9.17, 15) is 4.79 Å². The molecule has 0 bridgehead atoms. The molecule has 1 aliphatic heterocycles. The van der Waals surface area contributed by atoms with Crippen LogP contribution < -0.4 is 0 Å². The SMILES string of the molecule is CCOC(=O)C1(c2ccccc2)C=CN(C)CC1. The molecule has 0 saturated heterocycles. The van der Waals surface area contributed by atoms with Gasteiger partial charge in [-0.15, -0.1) is 0 Å². The number of carbonyl (C=O) groups is 1. The van der Waals surface area contributed by atoms with Crippen molar-refractivity contribution in [2.45, 2.75) is 18.8 Å². The van der Waals surface area contributed by atoms with Crippen molar-refractivity contribution in [2.24, 2.45) is 0 Å². The summed E-state index contributed by atoms with van der Waals surface area (Å²) in [6.45, 7) is 3.11. The van der Waals surface area contributed by atoms with Crippen LogP contribution in [-0.4, -0.2) is 31.1 Å². The maximum Gasteiger partial charge on any atom is 0.320 e. The molecule has 0 aromatic heterocycles. The zero-order valence-electron chi connectivity index (χ0n) is 10.9. The lowest BCUT2D eigenvalue weighted by atomic mass is 9.76. The molecule has 0 fully saturated rings. The highest BCUT2D eigenvalue weighted by Gasteiger charge is 2.40. The first-order valence-corrected chi connectivity index (χ1v) is 6.31. The molecule has 0 radical (unpaired) electrons. The second-order valence-electron chi connectivity index (χ2n) is 4.60. The summed E-state index contributed by atoms with van der Waals surface area (Å²) in [5, 5.41) is 0. The van der Waals surface area contributed by atoms with Crippen LogP contribution in [-0.2, 0) is 14.9 Å². The summed E-state index contributed by atoms with van der Waals surface area (Å²) in [4.78, 5) is 14.4. The van der Waals surface area contributed by atoms with Gasteiger partial charge in [0, 0.05) is 13.6 Å². The van der Waals surface area contributed by atoms with Gasteiger partial charge in [-0.3, -0.25) is 4.79 Å². The van der Waals surface area contributed by atoms with Gasteiger partial charge in [0.2, 0.25) is 0 Å². The molecule has 1 unspecified atom stereocenters. The number of carbonyl (C=O) groups excluding carboxylic acids is 1. The summed E-state index contributed by atoms with van der Waals surface area (Å²) in [6, 6.07) is 9.87. The van der Waals surface area contributed by atoms with E-state index in [0.717, 1.165) is 18.5 Å². The molecule has 18 heavy (non-hydrogen) atoms. The van der Waals surface area contributed by atoms with Crippen molar-refractivity contribution >= 4 is 5.97 Å². The molecule has 1 heterocycles. The number of benzene rings is 1. The van der Waals surface area contributed by atoms with E-state index in [-0.39, 0.29) is 5.97 Å². The van der Waals surface area contributed by atoms with Gasteiger partial charge in [-0.1, -0.05) is 30.3 Å². The molecule has 0 spiro atoms. The molecule has 1 atom stereocenters. The fraction of sp³-hybridized carbons (Fsp3) is 0.400. The van der Waals surface area contributed by atoms with Gasteiger partial charge in [0.1, 0.15) is 5.41 Å². The van der Waals surface area contributed by atoms with Crippen LogP contribution in [0, 0.1) is 0 Å². The van der Waals surface area contributed by atoms with Gasteiger partial charge in [-0.05, 0) is 31.2 Å². The third kappa shape index (κ3) is 2.26. The van der Waals surface area contributed by atoms with E-state index in [4.69, 9.17) is 4.74 Å². The van der Waals surface area contributed by atoms with Gasteiger partial charge in [0.15, 0.2) is 0 Å². The van der Waals surface area contributed by atoms with Crippen molar-refractivity contribution in [1.82, 2.24) is 4.90 Å². The maximum atomic E-state index is 12.3. The lowest BCUT2D eigenvalue weighted by molar-refractivity contribution is -0.148. The average Bonchev–Trinajstić information content (AvgIpc) is 2.41. The molecular formula is C15H19NO2. The summed E-state index contributed by atoms with van der Waals surface area (Å²) < 4.78 is 5.27. The van der Waals surface area contributed by atoms with Crippen molar-refractivity contribution < 1.29 is 9.53 Å². The van der Waals surface area contributed by atoms with Crippen LogP contribution in [0.25, 0.3) is 0 Å². The lowest BCUT2D eigenvalue weighted by Gasteiger charge is -2.34. The first-order chi connectivity index (χ1) is 8.69. The summed E-state index contributed by atoms with van der Waals surface area (Å²) >= 11 is 0. The van der Waals surface area contributed by atoms with Crippen LogP contribution in [0.15, 0.2) is 42.6 Å². The monoisotopic (exact) mass is 245 g/mol. The standard InChI is InChI=1S/C15H19NO2/c1-3-18-14(17)15(9-11-16(2)12-10-15)13-7-5-4-6-8-13/h4-9,11H,3,10,12H2,1-2H3. The minimum atomic E-state index is -0.621. The topological polar surface area (TPSA) is 29.5 Å². The number of hydrogen-bond acceptors (Lipinski definition) is 3. The largest absolute Gasteiger partial charge is 0.465 e. The van der Waals surface area contributed by atoms with Crippen LogP contribution in [0.5, 0.6) is 0 Å². The summed E-state index contributed by atoms with van der Waals surface area (Å²) in [5.74, 6) is -0.152. The Hall–Kier alpha value is -1.77.